The molecule has 8 nitrogen and oxygen atoms in total. The third-order valence-corrected chi connectivity index (χ3v) is 2.45. The summed E-state index contributed by atoms with van der Waals surface area (Å²) in [5, 5.41) is 22.6. The van der Waals surface area contributed by atoms with E-state index in [1.807, 2.05) is 13.0 Å². The van der Waals surface area contributed by atoms with Gasteiger partial charge in [0.1, 0.15) is 6.33 Å². The lowest BCUT2D eigenvalue weighted by Gasteiger charge is -2.17. The highest BCUT2D eigenvalue weighted by Gasteiger charge is 2.24. The van der Waals surface area contributed by atoms with Gasteiger partial charge in [0, 0.05) is 20.1 Å². The summed E-state index contributed by atoms with van der Waals surface area (Å²) in [5.41, 5.74) is -0.156. The Kier molecular flexibility index (Phi) is 5.47. The summed E-state index contributed by atoms with van der Waals surface area (Å²) < 4.78 is 0. The van der Waals surface area contributed by atoms with Crippen molar-refractivity contribution in [3.05, 3.63) is 16.4 Å². The fourth-order valence-electron chi connectivity index (χ4n) is 1.51. The summed E-state index contributed by atoms with van der Waals surface area (Å²) in [5.74, 6) is 0.425. The Morgan fingerprint density at radius 3 is 2.89 bits per heavy atom. The maximum absolute atomic E-state index is 11.2. The maximum atomic E-state index is 11.2. The van der Waals surface area contributed by atoms with Crippen LogP contribution in [0.4, 0.5) is 17.3 Å². The number of anilines is 2. The third-order valence-electron chi connectivity index (χ3n) is 2.45. The molecule has 0 saturated carbocycles. The zero-order chi connectivity index (χ0) is 14.3. The van der Waals surface area contributed by atoms with Crippen LogP contribution in [0.15, 0.2) is 6.33 Å². The molecule has 0 aliphatic rings. The van der Waals surface area contributed by atoms with E-state index in [1.54, 1.807) is 11.9 Å². The first-order chi connectivity index (χ1) is 9.11. The monoisotopic (exact) mass is 264 g/mol. The first-order valence-electron chi connectivity index (χ1n) is 5.93. The largest absolute Gasteiger partial charge is 0.364 e. The molecular formula is C11H16N6O2. The minimum absolute atomic E-state index is 0.156. The van der Waals surface area contributed by atoms with E-state index < -0.39 is 4.92 Å². The van der Waals surface area contributed by atoms with Gasteiger partial charge in [0.05, 0.1) is 17.4 Å². The minimum Gasteiger partial charge on any atom is -0.364 e. The molecule has 19 heavy (non-hydrogen) atoms. The van der Waals surface area contributed by atoms with Gasteiger partial charge in [-0.2, -0.15) is 5.26 Å². The third kappa shape index (κ3) is 3.77. The number of nitrogens with zero attached hydrogens (tertiary/aromatic N) is 5. The second-order valence-corrected chi connectivity index (χ2v) is 3.91. The van der Waals surface area contributed by atoms with Crippen molar-refractivity contribution in [2.24, 2.45) is 0 Å². The Balaban J connectivity index is 3.09. The van der Waals surface area contributed by atoms with Gasteiger partial charge in [-0.1, -0.05) is 6.92 Å². The summed E-state index contributed by atoms with van der Waals surface area (Å²) in [7, 11) is 1.66. The van der Waals surface area contributed by atoms with E-state index in [2.05, 4.69) is 15.3 Å². The lowest BCUT2D eigenvalue weighted by molar-refractivity contribution is -0.383. The molecule has 0 aromatic carbocycles. The van der Waals surface area contributed by atoms with Gasteiger partial charge >= 0.3 is 5.69 Å². The predicted octanol–water partition coefficient (Wildman–Crippen LogP) is 1.56. The quantitative estimate of drug-likeness (QED) is 0.588. The molecule has 8 heteroatoms. The number of nitro groups is 1. The van der Waals surface area contributed by atoms with Crippen molar-refractivity contribution < 1.29 is 4.92 Å². The van der Waals surface area contributed by atoms with Crippen LogP contribution in [0.3, 0.4) is 0 Å². The molecule has 0 aliphatic carbocycles. The molecule has 0 radical (unpaired) electrons. The van der Waals surface area contributed by atoms with E-state index in [1.165, 1.54) is 6.33 Å². The highest BCUT2D eigenvalue weighted by Crippen LogP contribution is 2.30. The molecule has 0 atom stereocenters. The molecule has 1 N–H and O–H groups in total. The standard InChI is InChI=1S/C11H16N6O2/c1-3-6-13-10-9(17(18)19)11(15-8-14-10)16(2)7-4-5-12/h8H,3-4,6-7H2,1-2H3,(H,13,14,15). The summed E-state index contributed by atoms with van der Waals surface area (Å²) in [6, 6.07) is 2.00. The number of nitrogens with one attached hydrogen (secondary N) is 1. The van der Waals surface area contributed by atoms with Crippen molar-refractivity contribution in [3.8, 4) is 6.07 Å². The Hall–Kier alpha value is -2.43. The van der Waals surface area contributed by atoms with Crippen LogP contribution in [-0.4, -0.2) is 35.0 Å². The van der Waals surface area contributed by atoms with E-state index in [-0.39, 0.29) is 23.7 Å². The first-order valence-corrected chi connectivity index (χ1v) is 5.93. The topological polar surface area (TPSA) is 108 Å². The van der Waals surface area contributed by atoms with Crippen LogP contribution in [0, 0.1) is 21.4 Å². The van der Waals surface area contributed by atoms with E-state index in [0.717, 1.165) is 6.42 Å². The molecule has 0 fully saturated rings. The number of hydrogen-bond acceptors (Lipinski definition) is 7. The Morgan fingerprint density at radius 1 is 1.58 bits per heavy atom. The summed E-state index contributed by atoms with van der Waals surface area (Å²) in [6.07, 6.45) is 2.39. The fraction of sp³-hybridized carbons (Fsp3) is 0.545. The van der Waals surface area contributed by atoms with E-state index >= 15 is 0 Å². The smallest absolute Gasteiger partial charge is 0.353 e. The molecule has 1 heterocycles. The highest BCUT2D eigenvalue weighted by molar-refractivity contribution is 5.70. The van der Waals surface area contributed by atoms with Gasteiger partial charge in [0.25, 0.3) is 0 Å². The molecule has 1 aromatic heterocycles. The van der Waals surface area contributed by atoms with Crippen LogP contribution in [0.2, 0.25) is 0 Å². The molecule has 102 valence electrons. The molecule has 0 unspecified atom stereocenters. The zero-order valence-electron chi connectivity index (χ0n) is 11.0. The molecule has 0 bridgehead atoms. The van der Waals surface area contributed by atoms with Gasteiger partial charge < -0.3 is 10.2 Å². The highest BCUT2D eigenvalue weighted by atomic mass is 16.6. The first kappa shape index (κ1) is 14.6. The van der Waals surface area contributed by atoms with Crippen LogP contribution < -0.4 is 10.2 Å². The van der Waals surface area contributed by atoms with Crippen LogP contribution >= 0.6 is 0 Å². The van der Waals surface area contributed by atoms with Gasteiger partial charge in [-0.15, -0.1) is 0 Å². The van der Waals surface area contributed by atoms with Crippen LogP contribution in [0.5, 0.6) is 0 Å². The molecule has 1 rings (SSSR count). The lowest BCUT2D eigenvalue weighted by atomic mass is 10.3. The molecular weight excluding hydrogens is 248 g/mol. The van der Waals surface area contributed by atoms with Gasteiger partial charge in [0.2, 0.25) is 11.6 Å². The molecule has 0 saturated heterocycles. The number of hydrogen-bond donors (Lipinski definition) is 1. The SMILES string of the molecule is CCCNc1ncnc(N(C)CCC#N)c1[N+](=O)[O-]. The van der Waals surface area contributed by atoms with Gasteiger partial charge in [-0.05, 0) is 6.42 Å². The Labute approximate surface area is 111 Å². The van der Waals surface area contributed by atoms with Crippen molar-refractivity contribution in [1.29, 1.82) is 5.26 Å². The van der Waals surface area contributed by atoms with Gasteiger partial charge in [-0.3, -0.25) is 10.1 Å². The number of rotatable bonds is 7. The minimum atomic E-state index is -0.504. The van der Waals surface area contributed by atoms with E-state index in [9.17, 15) is 10.1 Å². The van der Waals surface area contributed by atoms with Crippen molar-refractivity contribution in [1.82, 2.24) is 9.97 Å². The van der Waals surface area contributed by atoms with Crippen molar-refractivity contribution in [3.63, 3.8) is 0 Å². The van der Waals surface area contributed by atoms with E-state index in [4.69, 9.17) is 5.26 Å². The van der Waals surface area contributed by atoms with E-state index in [0.29, 0.717) is 13.1 Å². The Bertz CT molecular complexity index is 485. The average molecular weight is 264 g/mol. The molecule has 0 aliphatic heterocycles. The Morgan fingerprint density at radius 2 is 2.32 bits per heavy atom. The van der Waals surface area contributed by atoms with Crippen LogP contribution in [0.1, 0.15) is 19.8 Å². The van der Waals surface area contributed by atoms with Gasteiger partial charge in [-0.25, -0.2) is 9.97 Å². The average Bonchev–Trinajstić information content (AvgIpc) is 2.41. The summed E-state index contributed by atoms with van der Waals surface area (Å²) >= 11 is 0. The molecule has 0 amide bonds. The molecule has 1 aromatic rings. The zero-order valence-corrected chi connectivity index (χ0v) is 11.0. The van der Waals surface area contributed by atoms with Crippen LogP contribution in [-0.2, 0) is 0 Å². The van der Waals surface area contributed by atoms with Crippen molar-refractivity contribution in [2.75, 3.05) is 30.4 Å². The second-order valence-electron chi connectivity index (χ2n) is 3.91. The van der Waals surface area contributed by atoms with Gasteiger partial charge in [0.15, 0.2) is 0 Å². The second kappa shape index (κ2) is 7.10. The summed E-state index contributed by atoms with van der Waals surface area (Å²) in [4.78, 5) is 20.1. The van der Waals surface area contributed by atoms with Crippen molar-refractivity contribution >= 4 is 17.3 Å². The normalized spacial score (nSPS) is 9.74. The number of nitriles is 1. The van der Waals surface area contributed by atoms with Crippen molar-refractivity contribution in [2.45, 2.75) is 19.8 Å². The lowest BCUT2D eigenvalue weighted by Crippen LogP contribution is -2.21. The summed E-state index contributed by atoms with van der Waals surface area (Å²) in [6.45, 7) is 2.93. The number of aromatic nitrogens is 2. The fourth-order valence-corrected chi connectivity index (χ4v) is 1.51. The molecule has 0 spiro atoms. The predicted molar refractivity (Wildman–Crippen MR) is 71.0 cm³/mol. The maximum Gasteiger partial charge on any atom is 0.353 e. The van der Waals surface area contributed by atoms with Crippen LogP contribution in [0.25, 0.3) is 0 Å².